The standard InChI is InChI=1S/C20H17F3N2O3S/c1-27-15-8-13(9-16(10-15)28-2)18(26)25-19-24-11-17(29-19)7-12-4-3-5-14(6-12)20(21,22)23/h3-6,8-11H,7H2,1-2H3,(H,24,25,26). The molecule has 9 heteroatoms. The number of alkyl halides is 3. The number of halogens is 3. The summed E-state index contributed by atoms with van der Waals surface area (Å²) in [7, 11) is 2.97. The van der Waals surface area contributed by atoms with E-state index in [2.05, 4.69) is 10.3 Å². The number of ether oxygens (including phenoxy) is 2. The number of aromatic nitrogens is 1. The molecule has 2 aromatic carbocycles. The van der Waals surface area contributed by atoms with E-state index in [-0.39, 0.29) is 6.42 Å². The van der Waals surface area contributed by atoms with Crippen molar-refractivity contribution in [3.8, 4) is 11.5 Å². The van der Waals surface area contributed by atoms with Gasteiger partial charge in [-0.1, -0.05) is 18.2 Å². The summed E-state index contributed by atoms with van der Waals surface area (Å²) in [4.78, 5) is 17.4. The second-order valence-electron chi connectivity index (χ2n) is 6.06. The van der Waals surface area contributed by atoms with Crippen LogP contribution in [0.5, 0.6) is 11.5 Å². The van der Waals surface area contributed by atoms with Gasteiger partial charge in [0.25, 0.3) is 5.91 Å². The Balaban J connectivity index is 1.72. The van der Waals surface area contributed by atoms with Crippen LogP contribution in [0.2, 0.25) is 0 Å². The molecule has 1 heterocycles. The maximum Gasteiger partial charge on any atom is 0.416 e. The van der Waals surface area contributed by atoms with E-state index in [1.165, 1.54) is 37.8 Å². The number of nitrogens with zero attached hydrogens (tertiary/aromatic N) is 1. The number of anilines is 1. The first-order chi connectivity index (χ1) is 13.8. The van der Waals surface area contributed by atoms with Gasteiger partial charge in [0, 0.05) is 29.1 Å². The van der Waals surface area contributed by atoms with Gasteiger partial charge >= 0.3 is 6.18 Å². The van der Waals surface area contributed by atoms with Crippen LogP contribution in [0.1, 0.15) is 26.4 Å². The molecule has 5 nitrogen and oxygen atoms in total. The minimum absolute atomic E-state index is 0.282. The number of benzene rings is 2. The molecule has 1 N–H and O–H groups in total. The molecule has 1 aromatic heterocycles. The van der Waals surface area contributed by atoms with E-state index in [0.717, 1.165) is 17.0 Å². The van der Waals surface area contributed by atoms with Crippen molar-refractivity contribution in [2.75, 3.05) is 19.5 Å². The molecule has 0 aliphatic carbocycles. The summed E-state index contributed by atoms with van der Waals surface area (Å²) in [5, 5.41) is 3.03. The first-order valence-corrected chi connectivity index (χ1v) is 9.25. The summed E-state index contributed by atoms with van der Waals surface area (Å²) < 4.78 is 48.8. The van der Waals surface area contributed by atoms with Crippen molar-refractivity contribution in [3.05, 3.63) is 70.2 Å². The number of thiazole rings is 1. The van der Waals surface area contributed by atoms with E-state index in [1.54, 1.807) is 24.3 Å². The number of amides is 1. The molecular weight excluding hydrogens is 405 g/mol. The molecule has 0 spiro atoms. The monoisotopic (exact) mass is 422 g/mol. The summed E-state index contributed by atoms with van der Waals surface area (Å²) >= 11 is 1.20. The van der Waals surface area contributed by atoms with Crippen molar-refractivity contribution in [1.29, 1.82) is 0 Å². The van der Waals surface area contributed by atoms with Crippen LogP contribution < -0.4 is 14.8 Å². The third kappa shape index (κ3) is 5.26. The van der Waals surface area contributed by atoms with Crippen molar-refractivity contribution in [1.82, 2.24) is 4.98 Å². The van der Waals surface area contributed by atoms with Gasteiger partial charge in [-0.25, -0.2) is 4.98 Å². The van der Waals surface area contributed by atoms with Gasteiger partial charge < -0.3 is 9.47 Å². The Morgan fingerprint density at radius 2 is 1.79 bits per heavy atom. The van der Waals surface area contributed by atoms with Crippen LogP contribution in [-0.4, -0.2) is 25.1 Å². The molecule has 0 unspecified atom stereocenters. The zero-order chi connectivity index (χ0) is 21.0. The second-order valence-corrected chi connectivity index (χ2v) is 7.18. The molecule has 1 amide bonds. The molecule has 0 aliphatic rings. The molecule has 0 bridgehead atoms. The molecule has 3 rings (SSSR count). The Hall–Kier alpha value is -3.07. The van der Waals surface area contributed by atoms with E-state index in [0.29, 0.717) is 27.8 Å². The van der Waals surface area contributed by atoms with Crippen molar-refractivity contribution < 1.29 is 27.4 Å². The number of hydrogen-bond donors (Lipinski definition) is 1. The van der Waals surface area contributed by atoms with Gasteiger partial charge in [0.05, 0.1) is 19.8 Å². The average Bonchev–Trinajstić information content (AvgIpc) is 3.13. The van der Waals surface area contributed by atoms with Gasteiger partial charge in [-0.05, 0) is 23.8 Å². The van der Waals surface area contributed by atoms with Gasteiger partial charge in [0.1, 0.15) is 11.5 Å². The Kier molecular flexibility index (Phi) is 6.07. The van der Waals surface area contributed by atoms with Gasteiger partial charge in [0.15, 0.2) is 5.13 Å². The topological polar surface area (TPSA) is 60.5 Å². The minimum atomic E-state index is -4.39. The van der Waals surface area contributed by atoms with Crippen molar-refractivity contribution in [2.24, 2.45) is 0 Å². The number of hydrogen-bond acceptors (Lipinski definition) is 5. The Morgan fingerprint density at radius 3 is 2.41 bits per heavy atom. The van der Waals surface area contributed by atoms with Crippen molar-refractivity contribution in [3.63, 3.8) is 0 Å². The first kappa shape index (κ1) is 20.7. The SMILES string of the molecule is COc1cc(OC)cc(C(=O)Nc2ncc(Cc3cccc(C(F)(F)F)c3)s2)c1. The largest absolute Gasteiger partial charge is 0.497 e. The number of nitrogens with one attached hydrogen (secondary N) is 1. The second kappa shape index (κ2) is 8.52. The van der Waals surface area contributed by atoms with E-state index in [1.807, 2.05) is 0 Å². The molecule has 0 aliphatic heterocycles. The van der Waals surface area contributed by atoms with Crippen LogP contribution in [0, 0.1) is 0 Å². The van der Waals surface area contributed by atoms with E-state index >= 15 is 0 Å². The van der Waals surface area contributed by atoms with Gasteiger partial charge in [-0.15, -0.1) is 11.3 Å². The fourth-order valence-electron chi connectivity index (χ4n) is 2.61. The third-order valence-corrected chi connectivity index (χ3v) is 4.93. The summed E-state index contributed by atoms with van der Waals surface area (Å²) in [6.45, 7) is 0. The van der Waals surface area contributed by atoms with Crippen LogP contribution in [-0.2, 0) is 12.6 Å². The highest BCUT2D eigenvalue weighted by atomic mass is 32.1. The van der Waals surface area contributed by atoms with Crippen LogP contribution in [0.4, 0.5) is 18.3 Å². The van der Waals surface area contributed by atoms with Crippen LogP contribution in [0.15, 0.2) is 48.7 Å². The number of carbonyl (C=O) groups excluding carboxylic acids is 1. The lowest BCUT2D eigenvalue weighted by Crippen LogP contribution is -2.11. The maximum atomic E-state index is 12.8. The maximum absolute atomic E-state index is 12.8. The van der Waals surface area contributed by atoms with E-state index in [9.17, 15) is 18.0 Å². The molecule has 3 aromatic rings. The predicted molar refractivity (Wildman–Crippen MR) is 104 cm³/mol. The molecule has 0 saturated heterocycles. The lowest BCUT2D eigenvalue weighted by molar-refractivity contribution is -0.137. The number of carbonyl (C=O) groups is 1. The predicted octanol–water partition coefficient (Wildman–Crippen LogP) is 5.02. The highest BCUT2D eigenvalue weighted by Gasteiger charge is 2.30. The highest BCUT2D eigenvalue weighted by molar-refractivity contribution is 7.15. The van der Waals surface area contributed by atoms with Gasteiger partial charge in [-0.3, -0.25) is 10.1 Å². The summed E-state index contributed by atoms with van der Waals surface area (Å²) in [5.74, 6) is 0.542. The van der Waals surface area contributed by atoms with Crippen LogP contribution in [0.25, 0.3) is 0 Å². The first-order valence-electron chi connectivity index (χ1n) is 8.44. The summed E-state index contributed by atoms with van der Waals surface area (Å²) in [5.41, 5.74) is 0.148. The molecule has 0 atom stereocenters. The number of methoxy groups -OCH3 is 2. The Morgan fingerprint density at radius 1 is 1.10 bits per heavy atom. The highest BCUT2D eigenvalue weighted by Crippen LogP contribution is 2.31. The van der Waals surface area contributed by atoms with Crippen molar-refractivity contribution in [2.45, 2.75) is 12.6 Å². The molecular formula is C20H17F3N2O3S. The normalized spacial score (nSPS) is 11.2. The zero-order valence-corrected chi connectivity index (χ0v) is 16.4. The number of rotatable bonds is 6. The molecule has 152 valence electrons. The molecule has 0 radical (unpaired) electrons. The van der Waals surface area contributed by atoms with Gasteiger partial charge in [-0.2, -0.15) is 13.2 Å². The molecule has 0 saturated carbocycles. The van der Waals surface area contributed by atoms with Crippen LogP contribution >= 0.6 is 11.3 Å². The van der Waals surface area contributed by atoms with Crippen LogP contribution in [0.3, 0.4) is 0 Å². The summed E-state index contributed by atoms with van der Waals surface area (Å²) in [6, 6.07) is 9.91. The summed E-state index contributed by atoms with van der Waals surface area (Å²) in [6.07, 6.45) is -2.57. The van der Waals surface area contributed by atoms with E-state index < -0.39 is 17.6 Å². The lowest BCUT2D eigenvalue weighted by Gasteiger charge is -2.08. The zero-order valence-electron chi connectivity index (χ0n) is 15.5. The Labute approximate surface area is 169 Å². The molecule has 0 fully saturated rings. The fraction of sp³-hybridized carbons (Fsp3) is 0.200. The lowest BCUT2D eigenvalue weighted by atomic mass is 10.1. The molecule has 29 heavy (non-hydrogen) atoms. The smallest absolute Gasteiger partial charge is 0.416 e. The third-order valence-electron chi connectivity index (χ3n) is 4.02. The quantitative estimate of drug-likeness (QED) is 0.606. The van der Waals surface area contributed by atoms with Gasteiger partial charge in [0.2, 0.25) is 0 Å². The minimum Gasteiger partial charge on any atom is -0.497 e. The fourth-order valence-corrected chi connectivity index (χ4v) is 3.46. The van der Waals surface area contributed by atoms with E-state index in [4.69, 9.17) is 9.47 Å². The Bertz CT molecular complexity index is 996. The van der Waals surface area contributed by atoms with Crippen molar-refractivity contribution >= 4 is 22.4 Å². The average molecular weight is 422 g/mol.